The predicted octanol–water partition coefficient (Wildman–Crippen LogP) is 6.16. The van der Waals surface area contributed by atoms with Crippen LogP contribution in [0.15, 0.2) is 127 Å². The number of aromatic nitrogens is 2. The van der Waals surface area contributed by atoms with E-state index in [-0.39, 0.29) is 10.7 Å². The second-order valence-electron chi connectivity index (χ2n) is 8.95. The highest BCUT2D eigenvalue weighted by Crippen LogP contribution is 2.29. The Labute approximate surface area is 236 Å². The maximum absolute atomic E-state index is 13.7. The van der Waals surface area contributed by atoms with Crippen LogP contribution >= 0.6 is 12.2 Å². The van der Waals surface area contributed by atoms with Gasteiger partial charge >= 0.3 is 0 Å². The highest BCUT2D eigenvalue weighted by Gasteiger charge is 2.35. The van der Waals surface area contributed by atoms with Gasteiger partial charge in [0.2, 0.25) is 0 Å². The molecular formula is C32H22N4O3S. The Morgan fingerprint density at radius 1 is 0.725 bits per heavy atom. The van der Waals surface area contributed by atoms with E-state index < -0.39 is 11.8 Å². The summed E-state index contributed by atoms with van der Waals surface area (Å²) in [5, 5.41) is 7.44. The van der Waals surface area contributed by atoms with Crippen LogP contribution in [0.25, 0.3) is 23.0 Å². The van der Waals surface area contributed by atoms with E-state index in [1.165, 1.54) is 4.90 Å². The molecule has 2 amide bonds. The molecule has 0 bridgehead atoms. The summed E-state index contributed by atoms with van der Waals surface area (Å²) in [6.07, 6.45) is 3.37. The molecule has 6 rings (SSSR count). The summed E-state index contributed by atoms with van der Waals surface area (Å²) >= 11 is 5.39. The number of nitrogens with one attached hydrogen (secondary N) is 1. The number of hydrogen-bond donors (Lipinski definition) is 1. The van der Waals surface area contributed by atoms with E-state index >= 15 is 0 Å². The lowest BCUT2D eigenvalue weighted by Crippen LogP contribution is -2.54. The molecule has 0 atom stereocenters. The van der Waals surface area contributed by atoms with Crippen LogP contribution in [0.5, 0.6) is 11.5 Å². The van der Waals surface area contributed by atoms with Gasteiger partial charge in [-0.3, -0.25) is 19.8 Å². The highest BCUT2D eigenvalue weighted by molar-refractivity contribution is 7.80. The number of amides is 2. The van der Waals surface area contributed by atoms with Crippen LogP contribution in [0.4, 0.5) is 5.69 Å². The van der Waals surface area contributed by atoms with Gasteiger partial charge in [0.15, 0.2) is 5.11 Å². The molecular weight excluding hydrogens is 520 g/mol. The summed E-state index contributed by atoms with van der Waals surface area (Å²) in [4.78, 5) is 28.0. The van der Waals surface area contributed by atoms with Gasteiger partial charge in [0.25, 0.3) is 11.8 Å². The van der Waals surface area contributed by atoms with E-state index in [1.54, 1.807) is 41.2 Å². The molecule has 1 aliphatic rings. The van der Waals surface area contributed by atoms with Gasteiger partial charge in [0.05, 0.1) is 17.1 Å². The average Bonchev–Trinajstić information content (AvgIpc) is 3.41. The first kappa shape index (κ1) is 25.0. The van der Waals surface area contributed by atoms with E-state index in [4.69, 9.17) is 22.1 Å². The van der Waals surface area contributed by atoms with Crippen molar-refractivity contribution in [1.29, 1.82) is 0 Å². The van der Waals surface area contributed by atoms with E-state index in [1.807, 2.05) is 91.0 Å². The van der Waals surface area contributed by atoms with E-state index in [0.717, 1.165) is 11.3 Å². The molecule has 1 N–H and O–H groups in total. The maximum atomic E-state index is 13.7. The lowest BCUT2D eigenvalue weighted by molar-refractivity contribution is -0.122. The van der Waals surface area contributed by atoms with E-state index in [9.17, 15) is 9.59 Å². The minimum atomic E-state index is -0.568. The number of hydrogen-bond acceptors (Lipinski definition) is 5. The lowest BCUT2D eigenvalue weighted by atomic mass is 10.0. The molecule has 0 aliphatic carbocycles. The number of ether oxygens (including phenoxy) is 1. The molecule has 194 valence electrons. The van der Waals surface area contributed by atoms with Gasteiger partial charge in [-0.05, 0) is 66.8 Å². The normalized spacial score (nSPS) is 14.3. The van der Waals surface area contributed by atoms with Crippen molar-refractivity contribution >= 4 is 40.9 Å². The first-order valence-electron chi connectivity index (χ1n) is 12.5. The minimum absolute atomic E-state index is 0.00661. The molecule has 1 saturated heterocycles. The average molecular weight is 543 g/mol. The van der Waals surface area contributed by atoms with Gasteiger partial charge in [0.1, 0.15) is 17.1 Å². The Kier molecular flexibility index (Phi) is 6.74. The van der Waals surface area contributed by atoms with E-state index in [2.05, 4.69) is 5.32 Å². The topological polar surface area (TPSA) is 76.5 Å². The fourth-order valence-corrected chi connectivity index (χ4v) is 4.64. The van der Waals surface area contributed by atoms with Crippen molar-refractivity contribution in [3.63, 3.8) is 0 Å². The van der Waals surface area contributed by atoms with Crippen LogP contribution in [-0.2, 0) is 9.59 Å². The van der Waals surface area contributed by atoms with Crippen LogP contribution in [0.3, 0.4) is 0 Å². The summed E-state index contributed by atoms with van der Waals surface area (Å²) < 4.78 is 7.59. The molecule has 0 saturated carbocycles. The fraction of sp³-hybridized carbons (Fsp3) is 0. The van der Waals surface area contributed by atoms with Gasteiger partial charge in [0, 0.05) is 17.3 Å². The Bertz CT molecular complexity index is 1730. The third-order valence-corrected chi connectivity index (χ3v) is 6.57. The first-order valence-corrected chi connectivity index (χ1v) is 12.9. The van der Waals surface area contributed by atoms with Gasteiger partial charge in [-0.2, -0.15) is 5.10 Å². The largest absolute Gasteiger partial charge is 0.457 e. The van der Waals surface area contributed by atoms with Crippen molar-refractivity contribution < 1.29 is 14.3 Å². The minimum Gasteiger partial charge on any atom is -0.457 e. The van der Waals surface area contributed by atoms with Gasteiger partial charge in [-0.25, -0.2) is 4.68 Å². The Hall–Kier alpha value is -5.34. The third kappa shape index (κ3) is 5.03. The summed E-state index contributed by atoms with van der Waals surface area (Å²) in [6, 6.07) is 35.6. The zero-order valence-corrected chi connectivity index (χ0v) is 21.9. The van der Waals surface area contributed by atoms with E-state index in [0.29, 0.717) is 28.4 Å². The first-order chi connectivity index (χ1) is 19.6. The summed E-state index contributed by atoms with van der Waals surface area (Å²) in [6.45, 7) is 0. The Morgan fingerprint density at radius 3 is 2.00 bits per heavy atom. The molecule has 7 nitrogen and oxygen atoms in total. The van der Waals surface area contributed by atoms with Crippen molar-refractivity contribution in [2.75, 3.05) is 4.90 Å². The van der Waals surface area contributed by atoms with Crippen molar-refractivity contribution in [2.45, 2.75) is 0 Å². The monoisotopic (exact) mass is 542 g/mol. The van der Waals surface area contributed by atoms with Crippen molar-refractivity contribution in [1.82, 2.24) is 15.1 Å². The van der Waals surface area contributed by atoms with Gasteiger partial charge in [-0.15, -0.1) is 0 Å². The number of rotatable bonds is 6. The number of carbonyl (C=O) groups is 2. The molecule has 0 unspecified atom stereocenters. The standard InChI is InChI=1S/C32H22N4O3S/c37-30-28(20-23-21-35(24-12-6-2-7-13-24)34-29(23)22-10-4-1-5-11-22)31(38)36(32(40)33-30)25-16-18-27(19-17-25)39-26-14-8-3-9-15-26/h1-21H,(H,33,37,40)/b28-20-. The SMILES string of the molecule is O=C1NC(=S)N(c2ccc(Oc3ccccc3)cc2)C(=O)/C1=C\c1cn(-c2ccccc2)nc1-c1ccccc1. The van der Waals surface area contributed by atoms with Crippen LogP contribution < -0.4 is 15.0 Å². The molecule has 4 aromatic carbocycles. The maximum Gasteiger partial charge on any atom is 0.270 e. The molecule has 0 radical (unpaired) electrons. The molecule has 1 fully saturated rings. The Morgan fingerprint density at radius 2 is 1.32 bits per heavy atom. The molecule has 5 aromatic rings. The zero-order chi connectivity index (χ0) is 27.5. The number of benzene rings is 4. The van der Waals surface area contributed by atoms with Crippen molar-refractivity contribution in [3.05, 3.63) is 133 Å². The summed E-state index contributed by atoms with van der Waals surface area (Å²) in [5.74, 6) is 0.201. The van der Waals surface area contributed by atoms with Crippen LogP contribution in [0.1, 0.15) is 5.56 Å². The second kappa shape index (κ2) is 10.8. The second-order valence-corrected chi connectivity index (χ2v) is 9.33. The molecule has 0 spiro atoms. The smallest absolute Gasteiger partial charge is 0.270 e. The number of nitrogens with zero attached hydrogens (tertiary/aromatic N) is 3. The lowest BCUT2D eigenvalue weighted by Gasteiger charge is -2.29. The molecule has 40 heavy (non-hydrogen) atoms. The third-order valence-electron chi connectivity index (χ3n) is 6.29. The van der Waals surface area contributed by atoms with Gasteiger partial charge in [-0.1, -0.05) is 66.7 Å². The molecule has 2 heterocycles. The van der Waals surface area contributed by atoms with Crippen molar-refractivity contribution in [2.24, 2.45) is 0 Å². The number of thiocarbonyl (C=S) groups is 1. The molecule has 1 aliphatic heterocycles. The van der Waals surface area contributed by atoms with Crippen molar-refractivity contribution in [3.8, 4) is 28.4 Å². The summed E-state index contributed by atoms with van der Waals surface area (Å²) in [7, 11) is 0. The molecule has 8 heteroatoms. The van der Waals surface area contributed by atoms with Crippen LogP contribution in [0, 0.1) is 0 Å². The summed E-state index contributed by atoms with van der Waals surface area (Å²) in [5.41, 5.74) is 3.42. The molecule has 1 aromatic heterocycles. The number of anilines is 1. The Balaban J connectivity index is 1.35. The van der Waals surface area contributed by atoms with Crippen LogP contribution in [0.2, 0.25) is 0 Å². The van der Waals surface area contributed by atoms with Gasteiger partial charge < -0.3 is 4.74 Å². The predicted molar refractivity (Wildman–Crippen MR) is 158 cm³/mol. The number of carbonyl (C=O) groups excluding carboxylic acids is 2. The quantitative estimate of drug-likeness (QED) is 0.158. The number of para-hydroxylation sites is 2. The zero-order valence-electron chi connectivity index (χ0n) is 21.1. The fourth-order valence-electron chi connectivity index (χ4n) is 4.36. The highest BCUT2D eigenvalue weighted by atomic mass is 32.1. The van der Waals surface area contributed by atoms with Crippen LogP contribution in [-0.4, -0.2) is 26.7 Å².